The SMILES string of the molecule is COCC(C)CNc1ccccc1SC(F)(F)F. The summed E-state index contributed by atoms with van der Waals surface area (Å²) in [4.78, 5) is 0.189. The molecule has 1 atom stereocenters. The summed E-state index contributed by atoms with van der Waals surface area (Å²) in [5.41, 5.74) is -3.77. The van der Waals surface area contributed by atoms with Gasteiger partial charge in [0.1, 0.15) is 0 Å². The molecular weight excluding hydrogens is 263 g/mol. The van der Waals surface area contributed by atoms with Gasteiger partial charge in [-0.15, -0.1) is 0 Å². The van der Waals surface area contributed by atoms with Crippen molar-refractivity contribution in [3.05, 3.63) is 24.3 Å². The summed E-state index contributed by atoms with van der Waals surface area (Å²) in [5.74, 6) is 0.235. The molecule has 1 unspecified atom stereocenters. The molecule has 18 heavy (non-hydrogen) atoms. The Labute approximate surface area is 109 Å². The molecule has 0 saturated carbocycles. The summed E-state index contributed by atoms with van der Waals surface area (Å²) in [7, 11) is 1.60. The fraction of sp³-hybridized carbons (Fsp3) is 0.500. The van der Waals surface area contributed by atoms with E-state index in [2.05, 4.69) is 5.32 Å². The van der Waals surface area contributed by atoms with Crippen LogP contribution in [0.25, 0.3) is 0 Å². The lowest BCUT2D eigenvalue weighted by molar-refractivity contribution is -0.0327. The molecule has 2 nitrogen and oxygen atoms in total. The highest BCUT2D eigenvalue weighted by molar-refractivity contribution is 8.00. The van der Waals surface area contributed by atoms with Gasteiger partial charge in [-0.2, -0.15) is 13.2 Å². The van der Waals surface area contributed by atoms with Gasteiger partial charge in [0.15, 0.2) is 0 Å². The number of hydrogen-bond acceptors (Lipinski definition) is 3. The van der Waals surface area contributed by atoms with Crippen LogP contribution in [-0.4, -0.2) is 25.8 Å². The van der Waals surface area contributed by atoms with Crippen LogP contribution in [0, 0.1) is 5.92 Å². The van der Waals surface area contributed by atoms with Gasteiger partial charge in [0.05, 0.1) is 6.61 Å². The van der Waals surface area contributed by atoms with Crippen molar-refractivity contribution < 1.29 is 17.9 Å². The van der Waals surface area contributed by atoms with Crippen molar-refractivity contribution in [2.24, 2.45) is 5.92 Å². The highest BCUT2D eigenvalue weighted by atomic mass is 32.2. The smallest absolute Gasteiger partial charge is 0.384 e. The van der Waals surface area contributed by atoms with Crippen molar-refractivity contribution in [2.45, 2.75) is 17.3 Å². The summed E-state index contributed by atoms with van der Waals surface area (Å²) >= 11 is -0.101. The van der Waals surface area contributed by atoms with Crippen LogP contribution in [0.4, 0.5) is 18.9 Å². The summed E-state index contributed by atoms with van der Waals surface area (Å²) in [6.07, 6.45) is 0. The lowest BCUT2D eigenvalue weighted by atomic mass is 10.2. The zero-order valence-electron chi connectivity index (χ0n) is 10.3. The van der Waals surface area contributed by atoms with E-state index in [9.17, 15) is 13.2 Å². The Kier molecular flexibility index (Phi) is 5.81. The minimum Gasteiger partial charge on any atom is -0.384 e. The minimum atomic E-state index is -4.27. The van der Waals surface area contributed by atoms with Crippen LogP contribution in [-0.2, 0) is 4.74 Å². The average Bonchev–Trinajstić information content (AvgIpc) is 2.26. The maximum absolute atomic E-state index is 12.4. The topological polar surface area (TPSA) is 21.3 Å². The standard InChI is InChI=1S/C12H16F3NOS/c1-9(8-17-2)7-16-10-5-3-4-6-11(10)18-12(13,14)15/h3-6,9,16H,7-8H2,1-2H3. The van der Waals surface area contributed by atoms with Crippen LogP contribution in [0.5, 0.6) is 0 Å². The highest BCUT2D eigenvalue weighted by Crippen LogP contribution is 2.40. The third-order valence-corrected chi connectivity index (χ3v) is 3.01. The van der Waals surface area contributed by atoms with E-state index in [1.807, 2.05) is 6.92 Å². The van der Waals surface area contributed by atoms with Crippen molar-refractivity contribution >= 4 is 17.4 Å². The number of hydrogen-bond donors (Lipinski definition) is 1. The molecule has 0 amide bonds. The number of benzene rings is 1. The lowest BCUT2D eigenvalue weighted by Gasteiger charge is -2.16. The molecule has 0 fully saturated rings. The maximum atomic E-state index is 12.4. The number of rotatable bonds is 6. The Morgan fingerprint density at radius 1 is 1.33 bits per heavy atom. The van der Waals surface area contributed by atoms with E-state index in [-0.39, 0.29) is 22.6 Å². The normalized spacial score (nSPS) is 13.4. The molecule has 102 valence electrons. The monoisotopic (exact) mass is 279 g/mol. The Morgan fingerprint density at radius 2 is 2.00 bits per heavy atom. The summed E-state index contributed by atoms with van der Waals surface area (Å²) in [5, 5.41) is 3.02. The molecule has 0 spiro atoms. The van der Waals surface area contributed by atoms with Gasteiger partial charge in [0.2, 0.25) is 0 Å². The largest absolute Gasteiger partial charge is 0.446 e. The van der Waals surface area contributed by atoms with E-state index < -0.39 is 5.51 Å². The number of anilines is 1. The number of halogens is 3. The van der Waals surface area contributed by atoms with Gasteiger partial charge in [0, 0.05) is 24.2 Å². The summed E-state index contributed by atoms with van der Waals surface area (Å²) in [6.45, 7) is 3.11. The molecule has 1 aromatic rings. The van der Waals surface area contributed by atoms with Gasteiger partial charge >= 0.3 is 5.51 Å². The first-order valence-corrected chi connectivity index (χ1v) is 6.31. The Bertz CT molecular complexity index is 371. The third kappa shape index (κ3) is 5.64. The van der Waals surface area contributed by atoms with Crippen LogP contribution >= 0.6 is 11.8 Å². The second-order valence-electron chi connectivity index (χ2n) is 3.99. The van der Waals surface area contributed by atoms with Crippen molar-refractivity contribution in [3.63, 3.8) is 0 Å². The molecule has 6 heteroatoms. The first-order valence-electron chi connectivity index (χ1n) is 5.50. The molecule has 0 heterocycles. The lowest BCUT2D eigenvalue weighted by Crippen LogP contribution is -2.16. The number of alkyl halides is 3. The second kappa shape index (κ2) is 6.89. The number of thioether (sulfide) groups is 1. The maximum Gasteiger partial charge on any atom is 0.446 e. The van der Waals surface area contributed by atoms with E-state index in [1.54, 1.807) is 25.3 Å². The van der Waals surface area contributed by atoms with Crippen molar-refractivity contribution in [1.82, 2.24) is 0 Å². The summed E-state index contributed by atoms with van der Waals surface area (Å²) < 4.78 is 42.0. The van der Waals surface area contributed by atoms with Gasteiger partial charge in [0.25, 0.3) is 0 Å². The molecule has 0 aromatic heterocycles. The van der Waals surface area contributed by atoms with E-state index in [0.29, 0.717) is 18.8 Å². The van der Waals surface area contributed by atoms with Crippen LogP contribution in [0.3, 0.4) is 0 Å². The summed E-state index contributed by atoms with van der Waals surface area (Å²) in [6, 6.07) is 6.41. The second-order valence-corrected chi connectivity index (χ2v) is 5.09. The Hall–Kier alpha value is -0.880. The van der Waals surface area contributed by atoms with E-state index in [0.717, 1.165) is 0 Å². The first-order chi connectivity index (χ1) is 8.42. The third-order valence-electron chi connectivity index (χ3n) is 2.20. The molecule has 0 bridgehead atoms. The molecular formula is C12H16F3NOS. The molecule has 0 radical (unpaired) electrons. The number of para-hydroxylation sites is 1. The van der Waals surface area contributed by atoms with Crippen molar-refractivity contribution in [2.75, 3.05) is 25.6 Å². The predicted molar refractivity (Wildman–Crippen MR) is 67.9 cm³/mol. The Morgan fingerprint density at radius 3 is 2.61 bits per heavy atom. The van der Waals surface area contributed by atoms with Gasteiger partial charge in [-0.1, -0.05) is 19.1 Å². The van der Waals surface area contributed by atoms with Crippen LogP contribution in [0.15, 0.2) is 29.2 Å². The zero-order chi connectivity index (χ0) is 13.6. The van der Waals surface area contributed by atoms with Crippen molar-refractivity contribution in [3.8, 4) is 0 Å². The number of nitrogens with one attached hydrogen (secondary N) is 1. The number of ether oxygens (including phenoxy) is 1. The van der Waals surface area contributed by atoms with Crippen LogP contribution < -0.4 is 5.32 Å². The predicted octanol–water partition coefficient (Wildman–Crippen LogP) is 3.99. The van der Waals surface area contributed by atoms with Crippen LogP contribution in [0.1, 0.15) is 6.92 Å². The quantitative estimate of drug-likeness (QED) is 0.795. The highest BCUT2D eigenvalue weighted by Gasteiger charge is 2.30. The van der Waals surface area contributed by atoms with Gasteiger partial charge in [-0.05, 0) is 29.8 Å². The zero-order valence-corrected chi connectivity index (χ0v) is 11.1. The first kappa shape index (κ1) is 15.2. The van der Waals surface area contributed by atoms with Gasteiger partial charge in [-0.25, -0.2) is 0 Å². The van der Waals surface area contributed by atoms with E-state index in [4.69, 9.17) is 4.74 Å². The number of methoxy groups -OCH3 is 1. The van der Waals surface area contributed by atoms with Gasteiger partial charge < -0.3 is 10.1 Å². The molecule has 1 rings (SSSR count). The average molecular weight is 279 g/mol. The molecule has 1 aromatic carbocycles. The fourth-order valence-electron chi connectivity index (χ4n) is 1.45. The fourth-order valence-corrected chi connectivity index (χ4v) is 2.10. The molecule has 0 aliphatic carbocycles. The van der Waals surface area contributed by atoms with Gasteiger partial charge in [-0.3, -0.25) is 0 Å². The van der Waals surface area contributed by atoms with Crippen LogP contribution in [0.2, 0.25) is 0 Å². The molecule has 0 aliphatic rings. The molecule has 1 N–H and O–H groups in total. The van der Waals surface area contributed by atoms with E-state index >= 15 is 0 Å². The van der Waals surface area contributed by atoms with Crippen molar-refractivity contribution in [1.29, 1.82) is 0 Å². The molecule has 0 aliphatic heterocycles. The molecule has 0 saturated heterocycles. The Balaban J connectivity index is 2.65. The van der Waals surface area contributed by atoms with E-state index in [1.165, 1.54) is 6.07 Å². The minimum absolute atomic E-state index is 0.101.